The second-order valence-corrected chi connectivity index (χ2v) is 5.37. The Morgan fingerprint density at radius 1 is 1.41 bits per heavy atom. The molecule has 0 aliphatic rings. The molecule has 0 bridgehead atoms. The van der Waals surface area contributed by atoms with E-state index in [2.05, 4.69) is 36.2 Å². The van der Waals surface area contributed by atoms with Gasteiger partial charge >= 0.3 is 0 Å². The number of aromatic nitrogens is 3. The summed E-state index contributed by atoms with van der Waals surface area (Å²) in [6.07, 6.45) is 2.46. The highest BCUT2D eigenvalue weighted by Gasteiger charge is 2.07. The lowest BCUT2D eigenvalue weighted by Gasteiger charge is -2.06. The molecule has 0 aliphatic carbocycles. The Kier molecular flexibility index (Phi) is 4.06. The second-order valence-electron chi connectivity index (χ2n) is 3.57. The van der Waals surface area contributed by atoms with Crippen LogP contribution >= 0.6 is 27.3 Å². The molecule has 2 aromatic heterocycles. The van der Waals surface area contributed by atoms with E-state index in [0.717, 1.165) is 33.4 Å². The van der Waals surface area contributed by atoms with Crippen LogP contribution in [0.3, 0.4) is 0 Å². The fraction of sp³-hybridized carbons (Fsp3) is 0.364. The fourth-order valence-corrected chi connectivity index (χ4v) is 2.50. The van der Waals surface area contributed by atoms with Crippen LogP contribution in [0.15, 0.2) is 16.0 Å². The third kappa shape index (κ3) is 3.23. The van der Waals surface area contributed by atoms with Crippen LogP contribution in [-0.4, -0.2) is 21.5 Å². The Morgan fingerprint density at radius 3 is 2.88 bits per heavy atom. The van der Waals surface area contributed by atoms with Crippen molar-refractivity contribution in [1.29, 1.82) is 0 Å². The zero-order chi connectivity index (χ0) is 12.3. The molecule has 2 rings (SSSR count). The largest absolute Gasteiger partial charge is 0.369 e. The minimum Gasteiger partial charge on any atom is -0.369 e. The quantitative estimate of drug-likeness (QED) is 0.942. The van der Waals surface area contributed by atoms with E-state index < -0.39 is 0 Å². The summed E-state index contributed by atoms with van der Waals surface area (Å²) in [7, 11) is 0. The first-order valence-electron chi connectivity index (χ1n) is 5.35. The summed E-state index contributed by atoms with van der Waals surface area (Å²) >= 11 is 5.07. The first kappa shape index (κ1) is 12.4. The number of thiazole rings is 1. The summed E-state index contributed by atoms with van der Waals surface area (Å²) in [5.74, 6) is 1.63. The third-order valence-electron chi connectivity index (χ3n) is 2.11. The molecule has 1 N–H and O–H groups in total. The lowest BCUT2D eigenvalue weighted by Crippen LogP contribution is -2.04. The van der Waals surface area contributed by atoms with Gasteiger partial charge in [-0.05, 0) is 29.8 Å². The van der Waals surface area contributed by atoms with Crippen molar-refractivity contribution in [1.82, 2.24) is 15.0 Å². The molecule has 0 atom stereocenters. The Hall–Kier alpha value is -1.01. The zero-order valence-electron chi connectivity index (χ0n) is 9.70. The van der Waals surface area contributed by atoms with Crippen molar-refractivity contribution in [2.75, 3.05) is 11.9 Å². The molecular formula is C11H13BrN4S. The third-order valence-corrected chi connectivity index (χ3v) is 3.66. The van der Waals surface area contributed by atoms with E-state index in [9.17, 15) is 0 Å². The van der Waals surface area contributed by atoms with Crippen molar-refractivity contribution in [3.8, 4) is 0 Å². The molecule has 0 aliphatic heterocycles. The lowest BCUT2D eigenvalue weighted by atomic mass is 10.4. The topological polar surface area (TPSA) is 50.7 Å². The van der Waals surface area contributed by atoms with E-state index in [1.165, 1.54) is 0 Å². The number of anilines is 1. The van der Waals surface area contributed by atoms with Crippen LogP contribution in [0.1, 0.15) is 23.4 Å². The molecule has 6 heteroatoms. The average Bonchev–Trinajstić information content (AvgIpc) is 2.69. The number of hydrogen-bond acceptors (Lipinski definition) is 5. The zero-order valence-corrected chi connectivity index (χ0v) is 12.1. The van der Waals surface area contributed by atoms with Gasteiger partial charge in [-0.3, -0.25) is 0 Å². The Balaban J connectivity index is 2.18. The molecule has 0 radical (unpaired) electrons. The Morgan fingerprint density at radius 2 is 2.24 bits per heavy atom. The maximum atomic E-state index is 4.46. The number of aryl methyl sites for hydroxylation is 1. The van der Waals surface area contributed by atoms with Crippen molar-refractivity contribution >= 4 is 33.1 Å². The van der Waals surface area contributed by atoms with Crippen molar-refractivity contribution < 1.29 is 0 Å². The molecule has 0 saturated carbocycles. The van der Waals surface area contributed by atoms with Gasteiger partial charge in [-0.2, -0.15) is 0 Å². The van der Waals surface area contributed by atoms with Crippen molar-refractivity contribution in [2.45, 2.75) is 20.3 Å². The summed E-state index contributed by atoms with van der Waals surface area (Å²) < 4.78 is 0.887. The van der Waals surface area contributed by atoms with Crippen molar-refractivity contribution in [3.05, 3.63) is 32.6 Å². The summed E-state index contributed by atoms with van der Waals surface area (Å²) in [4.78, 5) is 13.2. The number of rotatable bonds is 4. The molecule has 0 unspecified atom stereocenters. The van der Waals surface area contributed by atoms with Crippen LogP contribution in [-0.2, 0) is 6.42 Å². The van der Waals surface area contributed by atoms with Crippen LogP contribution < -0.4 is 5.32 Å². The standard InChI is InChI=1S/C11H13BrN4S/c1-3-13-11-8(12)5-14-9(16-11)4-10-15-7(2)6-17-10/h5-6H,3-4H2,1-2H3,(H,13,14,16). The predicted molar refractivity (Wildman–Crippen MR) is 73.6 cm³/mol. The summed E-state index contributed by atoms with van der Waals surface area (Å²) in [5, 5.41) is 6.28. The van der Waals surface area contributed by atoms with Gasteiger partial charge in [0.15, 0.2) is 0 Å². The highest BCUT2D eigenvalue weighted by atomic mass is 79.9. The summed E-state index contributed by atoms with van der Waals surface area (Å²) in [6.45, 7) is 4.87. The van der Waals surface area contributed by atoms with Gasteiger partial charge in [0.05, 0.1) is 10.9 Å². The Bertz CT molecular complexity index is 512. The molecule has 90 valence electrons. The number of nitrogens with zero attached hydrogens (tertiary/aromatic N) is 3. The number of hydrogen-bond donors (Lipinski definition) is 1. The van der Waals surface area contributed by atoms with Gasteiger partial charge in [-0.25, -0.2) is 15.0 Å². The lowest BCUT2D eigenvalue weighted by molar-refractivity contribution is 0.942. The molecule has 2 aromatic rings. The normalized spacial score (nSPS) is 10.5. The molecule has 2 heterocycles. The smallest absolute Gasteiger partial charge is 0.144 e. The molecule has 0 aromatic carbocycles. The van der Waals surface area contributed by atoms with E-state index in [4.69, 9.17) is 0 Å². The maximum absolute atomic E-state index is 4.46. The highest BCUT2D eigenvalue weighted by molar-refractivity contribution is 9.10. The maximum Gasteiger partial charge on any atom is 0.144 e. The average molecular weight is 313 g/mol. The minimum absolute atomic E-state index is 0.685. The minimum atomic E-state index is 0.685. The first-order chi connectivity index (χ1) is 8.19. The summed E-state index contributed by atoms with van der Waals surface area (Å²) in [5.41, 5.74) is 1.05. The number of nitrogens with one attached hydrogen (secondary N) is 1. The van der Waals surface area contributed by atoms with Gasteiger partial charge in [-0.15, -0.1) is 11.3 Å². The SMILES string of the molecule is CCNc1nc(Cc2nc(C)cs2)ncc1Br. The molecule has 0 fully saturated rings. The van der Waals surface area contributed by atoms with Crippen LogP contribution in [0.2, 0.25) is 0 Å². The van der Waals surface area contributed by atoms with Crippen LogP contribution in [0.4, 0.5) is 5.82 Å². The van der Waals surface area contributed by atoms with Gasteiger partial charge in [0.2, 0.25) is 0 Å². The van der Waals surface area contributed by atoms with Crippen LogP contribution in [0.5, 0.6) is 0 Å². The van der Waals surface area contributed by atoms with Gasteiger partial charge < -0.3 is 5.32 Å². The molecule has 0 spiro atoms. The second kappa shape index (κ2) is 5.55. The molecule has 0 saturated heterocycles. The van der Waals surface area contributed by atoms with E-state index in [-0.39, 0.29) is 0 Å². The van der Waals surface area contributed by atoms with Crippen molar-refractivity contribution in [2.24, 2.45) is 0 Å². The van der Waals surface area contributed by atoms with E-state index in [1.807, 2.05) is 19.2 Å². The van der Waals surface area contributed by atoms with Gasteiger partial charge in [0.25, 0.3) is 0 Å². The van der Waals surface area contributed by atoms with Crippen LogP contribution in [0.25, 0.3) is 0 Å². The summed E-state index contributed by atoms with van der Waals surface area (Å²) in [6, 6.07) is 0. The van der Waals surface area contributed by atoms with E-state index in [1.54, 1.807) is 17.5 Å². The van der Waals surface area contributed by atoms with E-state index >= 15 is 0 Å². The Labute approximate surface area is 113 Å². The highest BCUT2D eigenvalue weighted by Crippen LogP contribution is 2.20. The van der Waals surface area contributed by atoms with Crippen molar-refractivity contribution in [3.63, 3.8) is 0 Å². The predicted octanol–water partition coefficient (Wildman–Crippen LogP) is 3.03. The van der Waals surface area contributed by atoms with Gasteiger partial charge in [0, 0.05) is 23.8 Å². The molecule has 4 nitrogen and oxygen atoms in total. The number of halogens is 1. The van der Waals surface area contributed by atoms with Crippen LogP contribution in [0, 0.1) is 6.92 Å². The molecule has 17 heavy (non-hydrogen) atoms. The van der Waals surface area contributed by atoms with Gasteiger partial charge in [-0.1, -0.05) is 0 Å². The van der Waals surface area contributed by atoms with Gasteiger partial charge in [0.1, 0.15) is 16.6 Å². The first-order valence-corrected chi connectivity index (χ1v) is 7.02. The monoisotopic (exact) mass is 312 g/mol. The molecular weight excluding hydrogens is 300 g/mol. The molecule has 0 amide bonds. The fourth-order valence-electron chi connectivity index (χ4n) is 1.40. The van der Waals surface area contributed by atoms with E-state index in [0.29, 0.717) is 6.42 Å².